The van der Waals surface area contributed by atoms with Crippen molar-refractivity contribution in [2.45, 2.75) is 59.0 Å². The van der Waals surface area contributed by atoms with E-state index in [0.717, 1.165) is 18.5 Å². The van der Waals surface area contributed by atoms with Gasteiger partial charge in [-0.05, 0) is 71.1 Å². The van der Waals surface area contributed by atoms with Crippen LogP contribution in [0, 0.1) is 12.7 Å². The molecule has 2 aromatic heterocycles. The summed E-state index contributed by atoms with van der Waals surface area (Å²) in [5.41, 5.74) is 8.18. The lowest BCUT2D eigenvalue weighted by atomic mass is 10.1. The monoisotopic (exact) mass is 539 g/mol. The molecule has 2 fully saturated rings. The number of halogens is 1. The highest BCUT2D eigenvalue weighted by molar-refractivity contribution is 5.94. The predicted molar refractivity (Wildman–Crippen MR) is 150 cm³/mol. The fourth-order valence-corrected chi connectivity index (χ4v) is 4.19. The number of pyridine rings is 1. The third-order valence-corrected chi connectivity index (χ3v) is 6.42. The van der Waals surface area contributed by atoms with E-state index in [1.54, 1.807) is 37.2 Å². The molecular formula is C27H38FN9O2. The second-order valence-corrected chi connectivity index (χ2v) is 10.9. The molecule has 1 amide bonds. The first-order valence-electron chi connectivity index (χ1n) is 13.2. The zero-order valence-electron chi connectivity index (χ0n) is 23.5. The third kappa shape index (κ3) is 7.33. The Hall–Kier alpha value is -3.96. The Kier molecular flexibility index (Phi) is 8.22. The summed E-state index contributed by atoms with van der Waals surface area (Å²) >= 11 is 0. The average molecular weight is 540 g/mol. The lowest BCUT2D eigenvalue weighted by molar-refractivity contribution is 0.0240. The van der Waals surface area contributed by atoms with E-state index < -0.39 is 5.60 Å². The highest BCUT2D eigenvalue weighted by atomic mass is 19.1. The number of hydrogen-bond donors (Lipinski definition) is 3. The first kappa shape index (κ1) is 28.1. The summed E-state index contributed by atoms with van der Waals surface area (Å²) in [6.07, 6.45) is 5.01. The maximum atomic E-state index is 14.6. The number of piperazine rings is 1. The van der Waals surface area contributed by atoms with E-state index in [1.165, 1.54) is 0 Å². The highest BCUT2D eigenvalue weighted by Crippen LogP contribution is 2.42. The van der Waals surface area contributed by atoms with Gasteiger partial charge in [0.15, 0.2) is 5.82 Å². The number of anilines is 3. The normalized spacial score (nSPS) is 16.8. The Bertz CT molecular complexity index is 1280. The van der Waals surface area contributed by atoms with Gasteiger partial charge in [-0.3, -0.25) is 0 Å². The average Bonchev–Trinajstić information content (AvgIpc) is 3.71. The van der Waals surface area contributed by atoms with Crippen LogP contribution in [0.2, 0.25) is 0 Å². The molecule has 1 saturated carbocycles. The maximum Gasteiger partial charge on any atom is 0.410 e. The number of ether oxygens (including phenoxy) is 1. The summed E-state index contributed by atoms with van der Waals surface area (Å²) in [7, 11) is 1.80. The van der Waals surface area contributed by atoms with Crippen molar-refractivity contribution in [1.82, 2.24) is 25.2 Å². The SMILES string of the molecule is CN/C(C)=C\C(N)=Nc1nc(Nc2cc(C3CC3)c(F)c(C)n2)ncc1N1CCN(C(=O)OC(C)(C)C)CC1. The second-order valence-electron chi connectivity index (χ2n) is 10.9. The predicted octanol–water partition coefficient (Wildman–Crippen LogP) is 4.11. The molecule has 1 saturated heterocycles. The first-order chi connectivity index (χ1) is 18.4. The van der Waals surface area contributed by atoms with Crippen molar-refractivity contribution in [3.63, 3.8) is 0 Å². The van der Waals surface area contributed by atoms with Crippen LogP contribution in [0.25, 0.3) is 0 Å². The molecule has 4 rings (SSSR count). The van der Waals surface area contributed by atoms with E-state index in [9.17, 15) is 9.18 Å². The molecule has 0 bridgehead atoms. The minimum atomic E-state index is -0.555. The molecule has 12 heteroatoms. The molecule has 4 N–H and O–H groups in total. The maximum absolute atomic E-state index is 14.6. The molecule has 3 heterocycles. The van der Waals surface area contributed by atoms with E-state index in [-0.39, 0.29) is 29.6 Å². The summed E-state index contributed by atoms with van der Waals surface area (Å²) in [5, 5.41) is 6.13. The number of aryl methyl sites for hydroxylation is 1. The highest BCUT2D eigenvalue weighted by Gasteiger charge is 2.29. The lowest BCUT2D eigenvalue weighted by Crippen LogP contribution is -2.50. The van der Waals surface area contributed by atoms with Gasteiger partial charge in [-0.15, -0.1) is 0 Å². The zero-order valence-corrected chi connectivity index (χ0v) is 23.5. The summed E-state index contributed by atoms with van der Waals surface area (Å²) < 4.78 is 20.1. The number of aliphatic imine (C=N–C) groups is 1. The molecule has 1 aliphatic heterocycles. The van der Waals surface area contributed by atoms with E-state index in [1.807, 2.05) is 27.7 Å². The number of nitrogens with one attached hydrogen (secondary N) is 2. The van der Waals surface area contributed by atoms with Gasteiger partial charge in [0, 0.05) is 38.9 Å². The number of amides is 1. The van der Waals surface area contributed by atoms with Crippen molar-refractivity contribution in [3.05, 3.63) is 41.1 Å². The smallest absolute Gasteiger partial charge is 0.410 e. The van der Waals surface area contributed by atoms with Crippen LogP contribution in [0.1, 0.15) is 57.7 Å². The first-order valence-corrected chi connectivity index (χ1v) is 13.2. The van der Waals surface area contributed by atoms with Crippen LogP contribution >= 0.6 is 0 Å². The number of carbonyl (C=O) groups excluding carboxylic acids is 1. The van der Waals surface area contributed by atoms with Gasteiger partial charge in [0.1, 0.15) is 28.8 Å². The van der Waals surface area contributed by atoms with Crippen molar-refractivity contribution in [2.75, 3.05) is 43.4 Å². The molecule has 2 aromatic rings. The number of amidine groups is 1. The Balaban J connectivity index is 1.59. The Labute approximate surface area is 228 Å². The molecule has 0 radical (unpaired) electrons. The Morgan fingerprint density at radius 2 is 1.92 bits per heavy atom. The minimum Gasteiger partial charge on any atom is -0.444 e. The molecule has 0 unspecified atom stereocenters. The van der Waals surface area contributed by atoms with Gasteiger partial charge in [-0.2, -0.15) is 4.98 Å². The fourth-order valence-electron chi connectivity index (χ4n) is 4.19. The van der Waals surface area contributed by atoms with Gasteiger partial charge < -0.3 is 30.9 Å². The van der Waals surface area contributed by atoms with Gasteiger partial charge in [-0.25, -0.2) is 24.1 Å². The van der Waals surface area contributed by atoms with E-state index in [4.69, 9.17) is 10.5 Å². The summed E-state index contributed by atoms with van der Waals surface area (Å²) in [5.74, 6) is 1.37. The summed E-state index contributed by atoms with van der Waals surface area (Å²) in [6, 6.07) is 1.73. The Morgan fingerprint density at radius 3 is 2.54 bits per heavy atom. The molecule has 39 heavy (non-hydrogen) atoms. The van der Waals surface area contributed by atoms with Gasteiger partial charge in [0.25, 0.3) is 0 Å². The van der Waals surface area contributed by atoms with Crippen LogP contribution in [-0.4, -0.2) is 70.6 Å². The molecule has 0 atom stereocenters. The fraction of sp³-hybridized carbons (Fsp3) is 0.519. The van der Waals surface area contributed by atoms with Gasteiger partial charge >= 0.3 is 6.09 Å². The van der Waals surface area contributed by atoms with Crippen molar-refractivity contribution in [1.29, 1.82) is 0 Å². The van der Waals surface area contributed by atoms with Crippen molar-refractivity contribution < 1.29 is 13.9 Å². The van der Waals surface area contributed by atoms with Crippen LogP contribution in [0.15, 0.2) is 29.0 Å². The molecule has 0 spiro atoms. The molecule has 0 aromatic carbocycles. The number of rotatable bonds is 7. The van der Waals surface area contributed by atoms with Gasteiger partial charge in [0.2, 0.25) is 5.95 Å². The van der Waals surface area contributed by atoms with Gasteiger partial charge in [0.05, 0.1) is 11.9 Å². The summed E-state index contributed by atoms with van der Waals surface area (Å²) in [4.78, 5) is 34.3. The second kappa shape index (κ2) is 11.4. The molecule has 1 aliphatic carbocycles. The zero-order chi connectivity index (χ0) is 28.3. The Morgan fingerprint density at radius 1 is 1.23 bits per heavy atom. The standard InChI is InChI=1S/C27H38FN9O2/c1-16(30-6)13-21(29)33-24-20(36-9-11-37(12-10-36)26(38)39-27(3,4)5)15-31-25(35-24)34-22-14-19(18-7-8-18)23(28)17(2)32-22/h13-15,18,30H,7-12H2,1-6H3,(H3,29,31,32,33,34,35)/b16-13-. The molecule has 210 valence electrons. The van der Waals surface area contributed by atoms with Gasteiger partial charge in [-0.1, -0.05) is 0 Å². The van der Waals surface area contributed by atoms with Crippen LogP contribution in [-0.2, 0) is 4.74 Å². The molecular weight excluding hydrogens is 501 g/mol. The van der Waals surface area contributed by atoms with Crippen molar-refractivity contribution in [2.24, 2.45) is 10.7 Å². The van der Waals surface area contributed by atoms with Crippen LogP contribution in [0.5, 0.6) is 0 Å². The number of aromatic nitrogens is 3. The van der Waals surface area contributed by atoms with Crippen molar-refractivity contribution in [3.8, 4) is 0 Å². The van der Waals surface area contributed by atoms with E-state index >= 15 is 0 Å². The number of nitrogens with two attached hydrogens (primary N) is 1. The number of carbonyl (C=O) groups is 1. The van der Waals surface area contributed by atoms with E-state index in [2.05, 4.69) is 35.5 Å². The van der Waals surface area contributed by atoms with Crippen LogP contribution in [0.4, 0.5) is 32.5 Å². The molecule has 2 aliphatic rings. The number of allylic oxidation sites excluding steroid dienone is 1. The summed E-state index contributed by atoms with van der Waals surface area (Å²) in [6.45, 7) is 11.1. The third-order valence-electron chi connectivity index (χ3n) is 6.42. The quantitative estimate of drug-likeness (QED) is 0.351. The van der Waals surface area contributed by atoms with E-state index in [0.29, 0.717) is 54.8 Å². The largest absolute Gasteiger partial charge is 0.444 e. The van der Waals surface area contributed by atoms with Crippen LogP contribution in [0.3, 0.4) is 0 Å². The van der Waals surface area contributed by atoms with Crippen molar-refractivity contribution >= 4 is 35.2 Å². The topological polar surface area (TPSA) is 134 Å². The minimum absolute atomic E-state index is 0.233. The lowest BCUT2D eigenvalue weighted by Gasteiger charge is -2.36. The number of hydrogen-bond acceptors (Lipinski definition) is 9. The van der Waals surface area contributed by atoms with Crippen LogP contribution < -0.4 is 21.3 Å². The molecule has 11 nitrogen and oxygen atoms in total. The number of nitrogens with zero attached hydrogens (tertiary/aromatic N) is 6.